The van der Waals surface area contributed by atoms with E-state index in [4.69, 9.17) is 18.9 Å². The summed E-state index contributed by atoms with van der Waals surface area (Å²) in [5.41, 5.74) is 0. The van der Waals surface area contributed by atoms with Crippen LogP contribution in [0.25, 0.3) is 0 Å². The molecule has 0 rings (SSSR count). The lowest BCUT2D eigenvalue weighted by molar-refractivity contribution is -0.154. The van der Waals surface area contributed by atoms with Crippen molar-refractivity contribution in [1.82, 2.24) is 4.90 Å². The quantitative estimate of drug-likeness (QED) is 0.130. The molecular weight excluding hydrogens is 494 g/mol. The van der Waals surface area contributed by atoms with Crippen LogP contribution in [-0.2, 0) is 38.1 Å². The van der Waals surface area contributed by atoms with Crippen molar-refractivity contribution in [1.29, 1.82) is 0 Å². The second-order valence-corrected chi connectivity index (χ2v) is 10.5. The first-order valence-corrected chi connectivity index (χ1v) is 14.7. The van der Waals surface area contributed by atoms with E-state index in [0.29, 0.717) is 30.5 Å². The fourth-order valence-electron chi connectivity index (χ4n) is 2.97. The molecule has 0 radical (unpaired) electrons. The van der Waals surface area contributed by atoms with Gasteiger partial charge in [-0.1, -0.05) is 27.7 Å². The molecule has 0 aromatic heterocycles. The summed E-state index contributed by atoms with van der Waals surface area (Å²) in [5, 5.41) is 0. The lowest BCUT2D eigenvalue weighted by Gasteiger charge is -2.23. The number of hydrogen-bond acceptors (Lipinski definition) is 11. The van der Waals surface area contributed by atoms with E-state index in [0.717, 1.165) is 6.54 Å². The summed E-state index contributed by atoms with van der Waals surface area (Å²) in [6, 6.07) is 0. The van der Waals surface area contributed by atoms with Gasteiger partial charge >= 0.3 is 23.9 Å². The predicted molar refractivity (Wildman–Crippen MR) is 139 cm³/mol. The van der Waals surface area contributed by atoms with E-state index < -0.39 is 0 Å². The largest absolute Gasteiger partial charge is 0.462 e. The van der Waals surface area contributed by atoms with Crippen LogP contribution in [0.2, 0.25) is 0 Å². The highest BCUT2D eigenvalue weighted by Gasteiger charge is 2.16. The smallest absolute Gasteiger partial charge is 0.309 e. The summed E-state index contributed by atoms with van der Waals surface area (Å²) in [6.45, 7) is 9.44. The van der Waals surface area contributed by atoms with Gasteiger partial charge in [0, 0.05) is 31.1 Å². The van der Waals surface area contributed by atoms with Gasteiger partial charge in [0.25, 0.3) is 0 Å². The molecule has 0 fully saturated rings. The molecule has 35 heavy (non-hydrogen) atoms. The number of carbonyl (C=O) groups excluding carboxylic acids is 4. The first-order chi connectivity index (χ1) is 16.6. The van der Waals surface area contributed by atoms with Gasteiger partial charge in [-0.25, -0.2) is 0 Å². The van der Waals surface area contributed by atoms with Crippen LogP contribution in [0, 0.1) is 17.8 Å². The zero-order valence-corrected chi connectivity index (χ0v) is 23.7. The Bertz CT molecular complexity index is 585. The molecule has 0 N–H and O–H groups in total. The van der Waals surface area contributed by atoms with Gasteiger partial charge in [0.05, 0.1) is 24.7 Å². The van der Waals surface area contributed by atoms with Crippen molar-refractivity contribution in [2.24, 2.45) is 17.8 Å². The molecule has 9 nitrogen and oxygen atoms in total. The zero-order chi connectivity index (χ0) is 26.6. The summed E-state index contributed by atoms with van der Waals surface area (Å²) in [4.78, 5) is 49.6. The van der Waals surface area contributed by atoms with Crippen LogP contribution in [0.15, 0.2) is 0 Å². The van der Waals surface area contributed by atoms with Crippen LogP contribution in [0.4, 0.5) is 0 Å². The van der Waals surface area contributed by atoms with Crippen LogP contribution in [0.5, 0.6) is 0 Å². The Balaban J connectivity index is 4.17. The molecule has 0 saturated heterocycles. The van der Waals surface area contributed by atoms with Crippen LogP contribution in [0.3, 0.4) is 0 Å². The molecule has 0 saturated carbocycles. The van der Waals surface area contributed by atoms with Crippen molar-refractivity contribution >= 4 is 47.4 Å². The van der Waals surface area contributed by atoms with E-state index in [2.05, 4.69) is 13.8 Å². The second kappa shape index (κ2) is 20.7. The predicted octanol–water partition coefficient (Wildman–Crippen LogP) is 2.90. The third-order valence-corrected chi connectivity index (χ3v) is 6.37. The molecule has 0 aliphatic carbocycles. The van der Waals surface area contributed by atoms with Gasteiger partial charge in [-0.3, -0.25) is 19.2 Å². The van der Waals surface area contributed by atoms with E-state index in [1.807, 2.05) is 17.4 Å². The van der Waals surface area contributed by atoms with Crippen LogP contribution in [0.1, 0.15) is 40.5 Å². The van der Waals surface area contributed by atoms with Crippen molar-refractivity contribution in [3.63, 3.8) is 0 Å². The lowest BCUT2D eigenvalue weighted by Crippen LogP contribution is -2.33. The number of carbonyl (C=O) groups is 4. The third-order valence-electron chi connectivity index (χ3n) is 4.71. The summed E-state index contributed by atoms with van der Waals surface area (Å²) >= 11 is 3.14. The average molecular weight is 538 g/mol. The summed E-state index contributed by atoms with van der Waals surface area (Å²) < 4.78 is 20.5. The molecule has 0 heterocycles. The molecule has 0 aliphatic heterocycles. The average Bonchev–Trinajstić information content (AvgIpc) is 2.80. The SMILES string of the molecule is CSCC(C)C(=O)OCCOC(=O)CCN(CCC(=O)OCCOC(=O)C(C)CSC)CC(C)C. The summed E-state index contributed by atoms with van der Waals surface area (Å²) in [5.74, 6) is -0.0263. The van der Waals surface area contributed by atoms with Crippen molar-refractivity contribution in [3.8, 4) is 0 Å². The Morgan fingerprint density at radius 3 is 1.37 bits per heavy atom. The number of rotatable bonds is 20. The zero-order valence-electron chi connectivity index (χ0n) is 22.0. The van der Waals surface area contributed by atoms with Crippen molar-refractivity contribution in [3.05, 3.63) is 0 Å². The maximum atomic E-state index is 12.0. The number of esters is 4. The molecule has 0 spiro atoms. The number of thioether (sulfide) groups is 2. The second-order valence-electron chi connectivity index (χ2n) is 8.68. The molecule has 0 aliphatic rings. The summed E-state index contributed by atoms with van der Waals surface area (Å²) in [7, 11) is 0. The Hall–Kier alpha value is -1.46. The normalized spacial score (nSPS) is 12.8. The molecule has 11 heteroatoms. The Morgan fingerprint density at radius 1 is 0.657 bits per heavy atom. The standard InChI is InChI=1S/C24H43NO8S2/c1-18(2)15-25(9-7-21(26)30-11-13-32-23(28)19(3)16-34-5)10-8-22(27)31-12-14-33-24(29)20(4)17-35-6/h18-20H,7-17H2,1-6H3. The topological polar surface area (TPSA) is 108 Å². The highest BCUT2D eigenvalue weighted by atomic mass is 32.2. The molecule has 0 bridgehead atoms. The molecule has 0 aromatic rings. The first kappa shape index (κ1) is 33.5. The van der Waals surface area contributed by atoms with Crippen LogP contribution < -0.4 is 0 Å². The van der Waals surface area contributed by atoms with E-state index in [1.54, 1.807) is 37.4 Å². The van der Waals surface area contributed by atoms with Crippen molar-refractivity contribution in [2.45, 2.75) is 40.5 Å². The molecular formula is C24H43NO8S2. The van der Waals surface area contributed by atoms with Gasteiger partial charge in [-0.15, -0.1) is 0 Å². The highest BCUT2D eigenvalue weighted by molar-refractivity contribution is 7.98. The minimum absolute atomic E-state index is 0.0215. The Kier molecular flexibility index (Phi) is 19.8. The van der Waals surface area contributed by atoms with Crippen molar-refractivity contribution < 1.29 is 38.1 Å². The number of nitrogens with zero attached hydrogens (tertiary/aromatic N) is 1. The minimum atomic E-state index is -0.382. The van der Waals surface area contributed by atoms with E-state index in [-0.39, 0.29) is 75.0 Å². The van der Waals surface area contributed by atoms with Crippen molar-refractivity contribution in [2.75, 3.05) is 70.1 Å². The fourth-order valence-corrected chi connectivity index (χ4v) is 4.24. The number of hydrogen-bond donors (Lipinski definition) is 0. The van der Waals surface area contributed by atoms with Gasteiger partial charge < -0.3 is 23.8 Å². The molecule has 0 amide bonds. The van der Waals surface area contributed by atoms with E-state index in [1.165, 1.54) is 0 Å². The minimum Gasteiger partial charge on any atom is -0.462 e. The maximum Gasteiger partial charge on any atom is 0.309 e. The van der Waals surface area contributed by atoms with E-state index in [9.17, 15) is 19.2 Å². The Labute approximate surface area is 218 Å². The lowest BCUT2D eigenvalue weighted by atomic mass is 10.2. The molecule has 2 unspecified atom stereocenters. The van der Waals surface area contributed by atoms with Gasteiger partial charge in [0.15, 0.2) is 0 Å². The number of ether oxygens (including phenoxy) is 4. The molecule has 204 valence electrons. The third kappa shape index (κ3) is 18.5. The monoisotopic (exact) mass is 537 g/mol. The molecule has 0 aromatic carbocycles. The van der Waals surface area contributed by atoms with Gasteiger partial charge in [-0.2, -0.15) is 23.5 Å². The molecule has 2 atom stereocenters. The fraction of sp³-hybridized carbons (Fsp3) is 0.833. The van der Waals surface area contributed by atoms with Gasteiger partial charge in [-0.05, 0) is 18.4 Å². The maximum absolute atomic E-state index is 12.0. The van der Waals surface area contributed by atoms with Gasteiger partial charge in [0.1, 0.15) is 26.4 Å². The highest BCUT2D eigenvalue weighted by Crippen LogP contribution is 2.08. The van der Waals surface area contributed by atoms with E-state index >= 15 is 0 Å². The van der Waals surface area contributed by atoms with Crippen LogP contribution >= 0.6 is 23.5 Å². The summed E-state index contributed by atoms with van der Waals surface area (Å²) in [6.07, 6.45) is 4.18. The first-order valence-electron chi connectivity index (χ1n) is 11.9. The Morgan fingerprint density at radius 2 is 1.03 bits per heavy atom. The van der Waals surface area contributed by atoms with Gasteiger partial charge in [0.2, 0.25) is 0 Å². The van der Waals surface area contributed by atoms with Crippen LogP contribution in [-0.4, -0.2) is 98.9 Å².